The van der Waals surface area contributed by atoms with E-state index in [0.29, 0.717) is 0 Å². The number of methoxy groups -OCH3 is 1. The molecule has 2 aromatic carbocycles. The van der Waals surface area contributed by atoms with Crippen LogP contribution in [0.3, 0.4) is 0 Å². The molecule has 3 aromatic rings. The number of halogens is 2. The molecule has 0 saturated carbocycles. The van der Waals surface area contributed by atoms with E-state index in [-0.39, 0.29) is 40.2 Å². The number of hydrogen-bond donors (Lipinski definition) is 2. The Morgan fingerprint density at radius 2 is 2.15 bits per heavy atom. The van der Waals surface area contributed by atoms with Crippen LogP contribution < -0.4 is 25.0 Å². The van der Waals surface area contributed by atoms with Crippen molar-refractivity contribution in [2.24, 2.45) is 0 Å². The minimum atomic E-state index is -0.619. The molecule has 0 radical (unpaired) electrons. The maximum absolute atomic E-state index is 14.3. The number of para-hydroxylation sites is 1. The number of fused-ring (bicyclic) bond motifs is 2. The third kappa shape index (κ3) is 3.80. The van der Waals surface area contributed by atoms with Gasteiger partial charge < -0.3 is 20.1 Å². The molecule has 0 bridgehead atoms. The molecule has 0 atom stereocenters. The molecule has 2 aliphatic rings. The number of rotatable bonds is 4. The first-order valence-electron chi connectivity index (χ1n) is 10.7. The van der Waals surface area contributed by atoms with Crippen molar-refractivity contribution in [3.63, 3.8) is 0 Å². The summed E-state index contributed by atoms with van der Waals surface area (Å²) in [7, 11) is 1.65. The van der Waals surface area contributed by atoms with Gasteiger partial charge in [0.2, 0.25) is 11.8 Å². The minimum absolute atomic E-state index is 0.0419. The highest BCUT2D eigenvalue weighted by atomic mass is 35.5. The maximum atomic E-state index is 14.3. The average molecular weight is 484 g/mol. The van der Waals surface area contributed by atoms with Crippen LogP contribution in [0.4, 0.5) is 21.7 Å². The molecule has 0 saturated heterocycles. The Bertz CT molecular complexity index is 1260. The van der Waals surface area contributed by atoms with Crippen molar-refractivity contribution < 1.29 is 18.7 Å². The van der Waals surface area contributed by atoms with E-state index in [1.54, 1.807) is 7.11 Å². The fourth-order valence-electron chi connectivity index (χ4n) is 4.47. The lowest BCUT2D eigenvalue weighted by Gasteiger charge is -2.35. The molecular formula is C24H23ClFN5O3. The number of aromatic nitrogens is 2. The Morgan fingerprint density at radius 3 is 2.91 bits per heavy atom. The van der Waals surface area contributed by atoms with Crippen LogP contribution in [0.25, 0.3) is 0 Å². The van der Waals surface area contributed by atoms with E-state index in [0.717, 1.165) is 35.0 Å². The van der Waals surface area contributed by atoms with Gasteiger partial charge in [-0.15, -0.1) is 0 Å². The van der Waals surface area contributed by atoms with Gasteiger partial charge in [0, 0.05) is 42.0 Å². The van der Waals surface area contributed by atoms with Crippen LogP contribution in [-0.4, -0.2) is 36.3 Å². The van der Waals surface area contributed by atoms with Gasteiger partial charge in [-0.1, -0.05) is 31.5 Å². The van der Waals surface area contributed by atoms with E-state index < -0.39 is 11.7 Å². The number of benzene rings is 2. The van der Waals surface area contributed by atoms with Gasteiger partial charge >= 0.3 is 0 Å². The van der Waals surface area contributed by atoms with E-state index in [9.17, 15) is 9.18 Å². The smallest absolute Gasteiger partial charge is 0.268 e. The van der Waals surface area contributed by atoms with Crippen LogP contribution in [0.5, 0.6) is 11.6 Å². The number of anilines is 3. The normalized spacial score (nSPS) is 16.4. The average Bonchev–Trinajstić information content (AvgIpc) is 2.79. The van der Waals surface area contributed by atoms with Crippen LogP contribution in [0.15, 0.2) is 36.5 Å². The second-order valence-corrected chi connectivity index (χ2v) is 9.22. The summed E-state index contributed by atoms with van der Waals surface area (Å²) in [5, 5.41) is 6.71. The summed E-state index contributed by atoms with van der Waals surface area (Å²) in [5.74, 6) is 0.0378. The molecule has 0 fully saturated rings. The molecule has 5 rings (SSSR count). The van der Waals surface area contributed by atoms with Gasteiger partial charge in [-0.2, -0.15) is 4.98 Å². The molecule has 0 unspecified atom stereocenters. The van der Waals surface area contributed by atoms with Crippen LogP contribution >= 0.6 is 11.6 Å². The lowest BCUT2D eigenvalue weighted by Crippen LogP contribution is -2.40. The molecular weight excluding hydrogens is 461 g/mol. The number of hydrogen-bond acceptors (Lipinski definition) is 7. The van der Waals surface area contributed by atoms with Gasteiger partial charge in [0.25, 0.3) is 5.91 Å². The molecule has 8 nitrogen and oxygen atoms in total. The standard InChI is InChI=1S/C24H23ClFN5O3/c1-24(2)11-27-9-13-7-14(8-18(33-3)19(13)24)29-23-28-10-15-21(30-23)34-12-31(22(15)32)20-16(25)5-4-6-17(20)26/h4-8,10,27H,9,11-12H2,1-3H3,(H,28,29,30). The minimum Gasteiger partial charge on any atom is -0.496 e. The highest BCUT2D eigenvalue weighted by molar-refractivity contribution is 6.34. The quantitative estimate of drug-likeness (QED) is 0.568. The first kappa shape index (κ1) is 22.4. The van der Waals surface area contributed by atoms with Gasteiger partial charge in [-0.25, -0.2) is 9.37 Å². The van der Waals surface area contributed by atoms with Crippen molar-refractivity contribution >= 4 is 34.8 Å². The van der Waals surface area contributed by atoms with Crippen LogP contribution in [0.2, 0.25) is 5.02 Å². The highest BCUT2D eigenvalue weighted by Crippen LogP contribution is 2.40. The molecule has 3 heterocycles. The van der Waals surface area contributed by atoms with Crippen molar-refractivity contribution in [1.29, 1.82) is 0 Å². The largest absolute Gasteiger partial charge is 0.496 e. The molecule has 0 aliphatic carbocycles. The second kappa shape index (κ2) is 8.41. The van der Waals surface area contributed by atoms with Gasteiger partial charge in [-0.3, -0.25) is 9.69 Å². The lowest BCUT2D eigenvalue weighted by atomic mass is 9.78. The van der Waals surface area contributed by atoms with Crippen LogP contribution in [-0.2, 0) is 12.0 Å². The van der Waals surface area contributed by atoms with Gasteiger partial charge in [0.05, 0.1) is 12.1 Å². The lowest BCUT2D eigenvalue weighted by molar-refractivity contribution is 0.0931. The van der Waals surface area contributed by atoms with Crippen molar-refractivity contribution in [2.75, 3.05) is 30.6 Å². The van der Waals surface area contributed by atoms with E-state index in [1.165, 1.54) is 30.0 Å². The van der Waals surface area contributed by atoms with Crippen molar-refractivity contribution in [3.05, 3.63) is 64.1 Å². The second-order valence-electron chi connectivity index (χ2n) is 8.81. The fourth-order valence-corrected chi connectivity index (χ4v) is 4.73. The summed E-state index contributed by atoms with van der Waals surface area (Å²) in [6.07, 6.45) is 1.36. The predicted octanol–water partition coefficient (Wildman–Crippen LogP) is 4.40. The molecule has 0 spiro atoms. The Hall–Kier alpha value is -3.43. The molecule has 1 aromatic heterocycles. The van der Waals surface area contributed by atoms with E-state index in [4.69, 9.17) is 21.1 Å². The van der Waals surface area contributed by atoms with E-state index in [1.807, 2.05) is 12.1 Å². The zero-order valence-electron chi connectivity index (χ0n) is 18.9. The summed E-state index contributed by atoms with van der Waals surface area (Å²) >= 11 is 6.12. The van der Waals surface area contributed by atoms with Gasteiger partial charge in [-0.05, 0) is 23.8 Å². The van der Waals surface area contributed by atoms with Crippen LogP contribution in [0.1, 0.15) is 35.3 Å². The van der Waals surface area contributed by atoms with E-state index >= 15 is 0 Å². The Morgan fingerprint density at radius 1 is 1.32 bits per heavy atom. The molecule has 2 aliphatic heterocycles. The number of carbonyl (C=O) groups is 1. The van der Waals surface area contributed by atoms with Crippen molar-refractivity contribution in [2.45, 2.75) is 25.8 Å². The topological polar surface area (TPSA) is 88.6 Å². The fraction of sp³-hybridized carbons (Fsp3) is 0.292. The maximum Gasteiger partial charge on any atom is 0.268 e. The molecule has 176 valence electrons. The van der Waals surface area contributed by atoms with Gasteiger partial charge in [0.1, 0.15) is 22.8 Å². The molecule has 34 heavy (non-hydrogen) atoms. The summed E-state index contributed by atoms with van der Waals surface area (Å²) in [5.41, 5.74) is 3.05. The number of nitrogens with one attached hydrogen (secondary N) is 2. The first-order chi connectivity index (χ1) is 16.3. The van der Waals surface area contributed by atoms with Crippen molar-refractivity contribution in [1.82, 2.24) is 15.3 Å². The van der Waals surface area contributed by atoms with Crippen LogP contribution in [0, 0.1) is 5.82 Å². The first-order valence-corrected chi connectivity index (χ1v) is 11.1. The Kier molecular flexibility index (Phi) is 5.53. The third-order valence-electron chi connectivity index (χ3n) is 5.99. The van der Waals surface area contributed by atoms with Crippen molar-refractivity contribution in [3.8, 4) is 11.6 Å². The predicted molar refractivity (Wildman–Crippen MR) is 127 cm³/mol. The number of carbonyl (C=O) groups excluding carboxylic acids is 1. The molecule has 10 heteroatoms. The Balaban J connectivity index is 1.43. The molecule has 1 amide bonds. The SMILES string of the molecule is COc1cc(Nc2ncc3c(n2)OCN(c2c(F)cccc2Cl)C3=O)cc2c1C(C)(C)CNC2. The zero-order chi connectivity index (χ0) is 24.0. The third-order valence-corrected chi connectivity index (χ3v) is 6.29. The highest BCUT2D eigenvalue weighted by Gasteiger charge is 2.33. The summed E-state index contributed by atoms with van der Waals surface area (Å²) in [6.45, 7) is 5.70. The summed E-state index contributed by atoms with van der Waals surface area (Å²) < 4.78 is 25.7. The number of amides is 1. The molecule has 2 N–H and O–H groups in total. The summed E-state index contributed by atoms with van der Waals surface area (Å²) in [6, 6.07) is 8.15. The number of ether oxygens (including phenoxy) is 2. The van der Waals surface area contributed by atoms with Gasteiger partial charge in [0.15, 0.2) is 6.73 Å². The van der Waals surface area contributed by atoms with E-state index in [2.05, 4.69) is 34.4 Å². The monoisotopic (exact) mass is 483 g/mol. The number of nitrogens with zero attached hydrogens (tertiary/aromatic N) is 3. The summed E-state index contributed by atoms with van der Waals surface area (Å²) in [4.78, 5) is 22.7. The Labute approximate surface area is 201 Å². The zero-order valence-corrected chi connectivity index (χ0v) is 19.7.